The maximum atomic E-state index is 13.1. The van der Waals surface area contributed by atoms with Crippen LogP contribution in [-0.4, -0.2) is 70.9 Å². The Morgan fingerprint density at radius 2 is 1.88 bits per heavy atom. The summed E-state index contributed by atoms with van der Waals surface area (Å²) in [5.74, 6) is 0.700. The van der Waals surface area contributed by atoms with Gasteiger partial charge in [0, 0.05) is 50.0 Å². The molecule has 5 heteroatoms. The molecular formula is C19H28N4O. The molecule has 4 heterocycles. The van der Waals surface area contributed by atoms with Gasteiger partial charge in [0.15, 0.2) is 0 Å². The van der Waals surface area contributed by atoms with Gasteiger partial charge in [0.25, 0.3) is 0 Å². The van der Waals surface area contributed by atoms with E-state index in [-0.39, 0.29) is 5.92 Å². The Morgan fingerprint density at radius 3 is 2.50 bits per heavy atom. The maximum absolute atomic E-state index is 13.1. The average molecular weight is 328 g/mol. The molecule has 3 aliphatic rings. The van der Waals surface area contributed by atoms with Crippen molar-refractivity contribution in [2.75, 3.05) is 33.2 Å². The van der Waals surface area contributed by atoms with Gasteiger partial charge >= 0.3 is 0 Å². The minimum absolute atomic E-state index is 0.258. The highest BCUT2D eigenvalue weighted by Gasteiger charge is 2.44. The molecule has 4 rings (SSSR count). The van der Waals surface area contributed by atoms with E-state index in [4.69, 9.17) is 0 Å². The highest BCUT2D eigenvalue weighted by Crippen LogP contribution is 2.33. The van der Waals surface area contributed by atoms with Gasteiger partial charge in [-0.15, -0.1) is 0 Å². The van der Waals surface area contributed by atoms with Crippen LogP contribution in [0.15, 0.2) is 24.5 Å². The van der Waals surface area contributed by atoms with Crippen molar-refractivity contribution >= 4 is 5.91 Å². The first-order chi connectivity index (χ1) is 11.7. The molecule has 0 aliphatic carbocycles. The molecule has 5 nitrogen and oxygen atoms in total. The molecule has 2 bridgehead atoms. The normalized spacial score (nSPS) is 29.1. The van der Waals surface area contributed by atoms with E-state index in [2.05, 4.69) is 32.8 Å². The molecule has 2 unspecified atom stereocenters. The smallest absolute Gasteiger partial charge is 0.226 e. The third kappa shape index (κ3) is 3.20. The molecule has 130 valence electrons. The lowest BCUT2D eigenvalue weighted by Crippen LogP contribution is -2.57. The van der Waals surface area contributed by atoms with Crippen LogP contribution >= 0.6 is 0 Å². The van der Waals surface area contributed by atoms with Crippen molar-refractivity contribution in [3.05, 3.63) is 30.1 Å². The van der Waals surface area contributed by atoms with Crippen LogP contribution in [0.1, 0.15) is 31.2 Å². The molecule has 1 aromatic rings. The quantitative estimate of drug-likeness (QED) is 0.845. The number of aromatic nitrogens is 1. The van der Waals surface area contributed by atoms with E-state index in [0.29, 0.717) is 18.0 Å². The van der Waals surface area contributed by atoms with E-state index < -0.39 is 0 Å². The number of carbonyl (C=O) groups excluding carboxylic acids is 1. The van der Waals surface area contributed by atoms with Gasteiger partial charge in [-0.05, 0) is 57.5 Å². The average Bonchev–Trinajstić information content (AvgIpc) is 2.87. The van der Waals surface area contributed by atoms with Gasteiger partial charge in [-0.25, -0.2) is 0 Å². The van der Waals surface area contributed by atoms with Crippen LogP contribution in [0.25, 0.3) is 0 Å². The Kier molecular flexibility index (Phi) is 4.55. The Labute approximate surface area is 144 Å². The number of piperidine rings is 1. The van der Waals surface area contributed by atoms with Crippen molar-refractivity contribution in [3.63, 3.8) is 0 Å². The number of likely N-dealkylation sites (tertiary alicyclic amines) is 2. The number of hydrogen-bond acceptors (Lipinski definition) is 4. The van der Waals surface area contributed by atoms with Crippen molar-refractivity contribution in [1.29, 1.82) is 0 Å². The molecule has 24 heavy (non-hydrogen) atoms. The second-order valence-electron chi connectivity index (χ2n) is 7.76. The van der Waals surface area contributed by atoms with Gasteiger partial charge in [0.1, 0.15) is 0 Å². The van der Waals surface area contributed by atoms with Gasteiger partial charge in [0.2, 0.25) is 5.91 Å². The highest BCUT2D eigenvalue weighted by molar-refractivity contribution is 5.80. The summed E-state index contributed by atoms with van der Waals surface area (Å²) < 4.78 is 0. The van der Waals surface area contributed by atoms with Crippen LogP contribution in [-0.2, 0) is 11.3 Å². The highest BCUT2D eigenvalue weighted by atomic mass is 16.2. The summed E-state index contributed by atoms with van der Waals surface area (Å²) in [5.41, 5.74) is 1.27. The van der Waals surface area contributed by atoms with E-state index in [9.17, 15) is 4.79 Å². The van der Waals surface area contributed by atoms with E-state index in [1.165, 1.54) is 18.4 Å². The summed E-state index contributed by atoms with van der Waals surface area (Å²) in [6, 6.07) is 4.99. The molecule has 1 amide bonds. The number of amides is 1. The van der Waals surface area contributed by atoms with Crippen LogP contribution in [0.4, 0.5) is 0 Å². The summed E-state index contributed by atoms with van der Waals surface area (Å²) in [5, 5.41) is 0. The van der Waals surface area contributed by atoms with Crippen molar-refractivity contribution in [2.24, 2.45) is 5.92 Å². The predicted molar refractivity (Wildman–Crippen MR) is 93.4 cm³/mol. The zero-order valence-electron chi connectivity index (χ0n) is 14.6. The van der Waals surface area contributed by atoms with E-state index in [1.54, 1.807) is 0 Å². The van der Waals surface area contributed by atoms with Crippen LogP contribution in [0, 0.1) is 5.92 Å². The van der Waals surface area contributed by atoms with Crippen molar-refractivity contribution in [2.45, 2.75) is 44.3 Å². The molecule has 2 atom stereocenters. The van der Waals surface area contributed by atoms with Gasteiger partial charge in [-0.1, -0.05) is 6.07 Å². The van der Waals surface area contributed by atoms with E-state index in [1.807, 2.05) is 18.5 Å². The lowest BCUT2D eigenvalue weighted by molar-refractivity contribution is -0.143. The number of carbonyl (C=O) groups is 1. The van der Waals surface area contributed by atoms with Crippen molar-refractivity contribution in [3.8, 4) is 0 Å². The predicted octanol–water partition coefficient (Wildman–Crippen LogP) is 1.60. The Hall–Kier alpha value is -1.46. The molecule has 0 aromatic carbocycles. The van der Waals surface area contributed by atoms with E-state index >= 15 is 0 Å². The molecule has 3 saturated heterocycles. The summed E-state index contributed by atoms with van der Waals surface area (Å²) in [7, 11) is 2.15. The maximum Gasteiger partial charge on any atom is 0.226 e. The molecule has 1 aromatic heterocycles. The van der Waals surface area contributed by atoms with Crippen molar-refractivity contribution < 1.29 is 4.79 Å². The second kappa shape index (κ2) is 6.81. The molecule has 0 radical (unpaired) electrons. The zero-order chi connectivity index (χ0) is 16.5. The minimum atomic E-state index is 0.258. The lowest BCUT2D eigenvalue weighted by Gasteiger charge is -2.43. The van der Waals surface area contributed by atoms with Crippen LogP contribution in [0.2, 0.25) is 0 Å². The number of piperazine rings is 1. The van der Waals surface area contributed by atoms with Gasteiger partial charge < -0.3 is 9.80 Å². The first-order valence-corrected chi connectivity index (χ1v) is 9.32. The standard InChI is InChI=1S/C19H28N4O/c1-21-9-6-16(7-10-21)19(24)23-17-4-5-18(23)14-22(13-17)12-15-3-2-8-20-11-15/h2-3,8,11,16-18H,4-7,9-10,12-14H2,1H3. The number of rotatable bonds is 3. The van der Waals surface area contributed by atoms with Gasteiger partial charge in [0.05, 0.1) is 0 Å². The largest absolute Gasteiger partial charge is 0.334 e. The minimum Gasteiger partial charge on any atom is -0.334 e. The van der Waals surface area contributed by atoms with E-state index in [0.717, 1.165) is 45.6 Å². The third-order valence-electron chi connectivity index (χ3n) is 6.01. The first kappa shape index (κ1) is 16.0. The number of nitrogens with zero attached hydrogens (tertiary/aromatic N) is 4. The molecule has 3 aliphatic heterocycles. The molecule has 3 fully saturated rings. The molecule has 0 spiro atoms. The summed E-state index contributed by atoms with van der Waals surface area (Å²) in [6.45, 7) is 5.12. The molecule has 0 saturated carbocycles. The number of fused-ring (bicyclic) bond motifs is 2. The van der Waals surface area contributed by atoms with Crippen molar-refractivity contribution in [1.82, 2.24) is 19.7 Å². The van der Waals surface area contributed by atoms with Gasteiger partial charge in [-0.2, -0.15) is 0 Å². The molecule has 0 N–H and O–H groups in total. The van der Waals surface area contributed by atoms with Crippen LogP contribution in [0.5, 0.6) is 0 Å². The van der Waals surface area contributed by atoms with Crippen LogP contribution in [0.3, 0.4) is 0 Å². The monoisotopic (exact) mass is 328 g/mol. The second-order valence-corrected chi connectivity index (χ2v) is 7.76. The van der Waals surface area contributed by atoms with Gasteiger partial charge in [-0.3, -0.25) is 14.7 Å². The summed E-state index contributed by atoms with van der Waals surface area (Å²) in [4.78, 5) is 24.4. The lowest BCUT2D eigenvalue weighted by atomic mass is 9.94. The fraction of sp³-hybridized carbons (Fsp3) is 0.684. The Balaban J connectivity index is 1.39. The third-order valence-corrected chi connectivity index (χ3v) is 6.01. The zero-order valence-corrected chi connectivity index (χ0v) is 14.6. The number of hydrogen-bond donors (Lipinski definition) is 0. The van der Waals surface area contributed by atoms with Crippen LogP contribution < -0.4 is 0 Å². The summed E-state index contributed by atoms with van der Waals surface area (Å²) in [6.07, 6.45) is 8.19. The number of pyridine rings is 1. The first-order valence-electron chi connectivity index (χ1n) is 9.32. The summed E-state index contributed by atoms with van der Waals surface area (Å²) >= 11 is 0. The fourth-order valence-corrected chi connectivity index (χ4v) is 4.70. The fourth-order valence-electron chi connectivity index (χ4n) is 4.70. The molecular weight excluding hydrogens is 300 g/mol. The SMILES string of the molecule is CN1CCC(C(=O)N2C3CCC2CN(Cc2cccnc2)C3)CC1. The topological polar surface area (TPSA) is 39.7 Å². The Morgan fingerprint density at radius 1 is 1.17 bits per heavy atom. The Bertz CT molecular complexity index is 556.